The van der Waals surface area contributed by atoms with Gasteiger partial charge in [-0.2, -0.15) is 5.16 Å². The van der Waals surface area contributed by atoms with Crippen molar-refractivity contribution in [3.8, 4) is 11.5 Å². The SMILES string of the molecule is CCOc1ccccc1OC1CCCN(c2ncc(C(=O)NCc3cc(=O)[nH]o3)cn2)C1. The molecule has 2 N–H and O–H groups in total. The molecule has 1 aliphatic heterocycles. The number of rotatable bonds is 8. The average Bonchev–Trinajstić information content (AvgIpc) is 3.24. The third-order valence-corrected chi connectivity index (χ3v) is 5.00. The van der Waals surface area contributed by atoms with E-state index in [1.54, 1.807) is 0 Å². The molecule has 1 aromatic carbocycles. The molecule has 0 aliphatic carbocycles. The van der Waals surface area contributed by atoms with E-state index in [0.29, 0.717) is 30.4 Å². The van der Waals surface area contributed by atoms with Crippen molar-refractivity contribution in [2.75, 3.05) is 24.6 Å². The zero-order valence-electron chi connectivity index (χ0n) is 17.7. The average molecular weight is 439 g/mol. The molecule has 4 rings (SSSR count). The van der Waals surface area contributed by atoms with E-state index in [0.717, 1.165) is 30.9 Å². The molecule has 10 heteroatoms. The van der Waals surface area contributed by atoms with E-state index in [1.165, 1.54) is 18.5 Å². The fraction of sp³-hybridized carbons (Fsp3) is 0.364. The van der Waals surface area contributed by atoms with Gasteiger partial charge in [0.25, 0.3) is 11.5 Å². The molecule has 1 saturated heterocycles. The van der Waals surface area contributed by atoms with Gasteiger partial charge in [-0.05, 0) is 31.9 Å². The molecule has 0 bridgehead atoms. The van der Waals surface area contributed by atoms with Gasteiger partial charge in [0.2, 0.25) is 5.95 Å². The Morgan fingerprint density at radius 3 is 2.78 bits per heavy atom. The number of hydrogen-bond donors (Lipinski definition) is 2. The van der Waals surface area contributed by atoms with Crippen LogP contribution in [0.25, 0.3) is 0 Å². The predicted molar refractivity (Wildman–Crippen MR) is 116 cm³/mol. The van der Waals surface area contributed by atoms with E-state index in [2.05, 4.69) is 20.4 Å². The van der Waals surface area contributed by atoms with Gasteiger partial charge in [-0.3, -0.25) is 9.59 Å². The lowest BCUT2D eigenvalue weighted by molar-refractivity contribution is 0.0946. The van der Waals surface area contributed by atoms with Gasteiger partial charge in [-0.1, -0.05) is 12.1 Å². The first-order valence-electron chi connectivity index (χ1n) is 10.5. The van der Waals surface area contributed by atoms with E-state index >= 15 is 0 Å². The minimum atomic E-state index is -0.355. The fourth-order valence-corrected chi connectivity index (χ4v) is 3.50. The monoisotopic (exact) mass is 439 g/mol. The summed E-state index contributed by atoms with van der Waals surface area (Å²) in [5, 5.41) is 4.84. The zero-order valence-corrected chi connectivity index (χ0v) is 17.7. The number of anilines is 1. The summed E-state index contributed by atoms with van der Waals surface area (Å²) in [5.41, 5.74) is -0.0331. The minimum absolute atomic E-state index is 0.0204. The molecule has 0 spiro atoms. The van der Waals surface area contributed by atoms with Crippen LogP contribution in [0, 0.1) is 0 Å². The summed E-state index contributed by atoms with van der Waals surface area (Å²) in [4.78, 5) is 34.1. The molecule has 3 heterocycles. The van der Waals surface area contributed by atoms with Crippen molar-refractivity contribution in [2.24, 2.45) is 0 Å². The lowest BCUT2D eigenvalue weighted by Crippen LogP contribution is -2.42. The number of amides is 1. The summed E-state index contributed by atoms with van der Waals surface area (Å²) in [6.07, 6.45) is 4.81. The van der Waals surface area contributed by atoms with Crippen LogP contribution in [0.1, 0.15) is 35.9 Å². The largest absolute Gasteiger partial charge is 0.490 e. The molecule has 0 saturated carbocycles. The Labute approximate surface area is 184 Å². The first-order valence-corrected chi connectivity index (χ1v) is 10.5. The molecule has 3 aromatic rings. The Morgan fingerprint density at radius 2 is 2.06 bits per heavy atom. The summed E-state index contributed by atoms with van der Waals surface area (Å²) >= 11 is 0. The van der Waals surface area contributed by atoms with Crippen LogP contribution in [0.4, 0.5) is 5.95 Å². The van der Waals surface area contributed by atoms with Crippen molar-refractivity contribution in [3.05, 3.63) is 64.4 Å². The van der Waals surface area contributed by atoms with Crippen molar-refractivity contribution in [1.29, 1.82) is 0 Å². The normalized spacial score (nSPS) is 15.9. The van der Waals surface area contributed by atoms with Gasteiger partial charge in [-0.25, -0.2) is 9.97 Å². The highest BCUT2D eigenvalue weighted by molar-refractivity contribution is 5.93. The maximum absolute atomic E-state index is 12.3. The zero-order chi connectivity index (χ0) is 22.3. The maximum atomic E-state index is 12.3. The van der Waals surface area contributed by atoms with E-state index < -0.39 is 0 Å². The number of carbonyl (C=O) groups is 1. The van der Waals surface area contributed by atoms with Gasteiger partial charge in [0, 0.05) is 25.0 Å². The van der Waals surface area contributed by atoms with Gasteiger partial charge in [0.15, 0.2) is 17.3 Å². The molecule has 1 unspecified atom stereocenters. The molecule has 0 radical (unpaired) electrons. The first kappa shape index (κ1) is 21.4. The highest BCUT2D eigenvalue weighted by Crippen LogP contribution is 2.29. The highest BCUT2D eigenvalue weighted by atomic mass is 16.5. The highest BCUT2D eigenvalue weighted by Gasteiger charge is 2.24. The number of benzene rings is 1. The van der Waals surface area contributed by atoms with Crippen molar-refractivity contribution in [3.63, 3.8) is 0 Å². The molecule has 1 amide bonds. The molecular formula is C22H25N5O5. The van der Waals surface area contributed by atoms with Crippen molar-refractivity contribution in [2.45, 2.75) is 32.4 Å². The number of para-hydroxylation sites is 2. The number of piperidine rings is 1. The van der Waals surface area contributed by atoms with Crippen LogP contribution in [0.15, 0.2) is 52.0 Å². The van der Waals surface area contributed by atoms with Gasteiger partial charge in [0.1, 0.15) is 6.10 Å². The smallest absolute Gasteiger partial charge is 0.280 e. The minimum Gasteiger partial charge on any atom is -0.490 e. The molecule has 1 aliphatic rings. The molecule has 2 aromatic heterocycles. The Morgan fingerprint density at radius 1 is 1.28 bits per heavy atom. The van der Waals surface area contributed by atoms with Gasteiger partial charge >= 0.3 is 0 Å². The predicted octanol–water partition coefficient (Wildman–Crippen LogP) is 2.13. The number of ether oxygens (including phenoxy) is 2. The Balaban J connectivity index is 1.35. The van der Waals surface area contributed by atoms with Gasteiger partial charge in [-0.15, -0.1) is 0 Å². The molecule has 1 fully saturated rings. The number of nitrogens with one attached hydrogen (secondary N) is 2. The van der Waals surface area contributed by atoms with E-state index in [4.69, 9.17) is 14.0 Å². The summed E-state index contributed by atoms with van der Waals surface area (Å²) in [6, 6.07) is 8.93. The van der Waals surface area contributed by atoms with E-state index in [-0.39, 0.29) is 24.1 Å². The Kier molecular flexibility index (Phi) is 6.69. The molecule has 10 nitrogen and oxygen atoms in total. The van der Waals surface area contributed by atoms with Crippen molar-refractivity contribution < 1.29 is 18.8 Å². The number of carbonyl (C=O) groups excluding carboxylic acids is 1. The topological polar surface area (TPSA) is 123 Å². The number of H-pyrrole nitrogens is 1. The number of hydrogen-bond acceptors (Lipinski definition) is 8. The van der Waals surface area contributed by atoms with Crippen molar-refractivity contribution >= 4 is 11.9 Å². The second kappa shape index (κ2) is 9.99. The Bertz CT molecular complexity index is 1090. The van der Waals surface area contributed by atoms with Crippen LogP contribution >= 0.6 is 0 Å². The van der Waals surface area contributed by atoms with E-state index in [9.17, 15) is 9.59 Å². The second-order valence-corrected chi connectivity index (χ2v) is 7.34. The van der Waals surface area contributed by atoms with Gasteiger partial charge < -0.3 is 24.2 Å². The lowest BCUT2D eigenvalue weighted by atomic mass is 10.1. The quantitative estimate of drug-likeness (QED) is 0.547. The fourth-order valence-electron chi connectivity index (χ4n) is 3.50. The number of nitrogens with zero attached hydrogens (tertiary/aromatic N) is 3. The third-order valence-electron chi connectivity index (χ3n) is 5.00. The maximum Gasteiger partial charge on any atom is 0.280 e. The van der Waals surface area contributed by atoms with Crippen LogP contribution in [0.3, 0.4) is 0 Å². The van der Waals surface area contributed by atoms with E-state index in [1.807, 2.05) is 36.1 Å². The van der Waals surface area contributed by atoms with Crippen LogP contribution < -0.4 is 25.2 Å². The molecule has 168 valence electrons. The lowest BCUT2D eigenvalue weighted by Gasteiger charge is -2.33. The van der Waals surface area contributed by atoms with Crippen LogP contribution in [-0.2, 0) is 6.54 Å². The molecular weight excluding hydrogens is 414 g/mol. The molecule has 32 heavy (non-hydrogen) atoms. The summed E-state index contributed by atoms with van der Waals surface area (Å²) in [5.74, 6) is 1.99. The van der Waals surface area contributed by atoms with Crippen LogP contribution in [0.5, 0.6) is 11.5 Å². The second-order valence-electron chi connectivity index (χ2n) is 7.34. The number of aromatic nitrogens is 3. The van der Waals surface area contributed by atoms with Gasteiger partial charge in [0.05, 0.1) is 25.3 Å². The summed E-state index contributed by atoms with van der Waals surface area (Å²) < 4.78 is 16.8. The summed E-state index contributed by atoms with van der Waals surface area (Å²) in [6.45, 7) is 4.06. The third kappa shape index (κ3) is 5.26. The summed E-state index contributed by atoms with van der Waals surface area (Å²) in [7, 11) is 0. The van der Waals surface area contributed by atoms with Crippen LogP contribution in [-0.4, -0.2) is 46.8 Å². The standard InChI is InChI=1S/C22H25N5O5/c1-2-30-18-7-3-4-8-19(18)31-16-6-5-9-27(14-16)22-24-11-15(12-25-22)21(29)23-13-17-10-20(28)26-32-17/h3-4,7-8,10-12,16H,2,5-6,9,13-14H2,1H3,(H,23,29)(H,26,28). The first-order chi connectivity index (χ1) is 15.6. The molecule has 1 atom stereocenters. The van der Waals surface area contributed by atoms with Crippen LogP contribution in [0.2, 0.25) is 0 Å². The number of aromatic amines is 1. The van der Waals surface area contributed by atoms with Crippen molar-refractivity contribution in [1.82, 2.24) is 20.4 Å². The Hall–Kier alpha value is -3.82.